The lowest BCUT2D eigenvalue weighted by atomic mass is 10.2. The summed E-state index contributed by atoms with van der Waals surface area (Å²) in [7, 11) is 0. The zero-order valence-corrected chi connectivity index (χ0v) is 11.5. The Bertz CT molecular complexity index is 591. The molecule has 108 valence electrons. The van der Waals surface area contributed by atoms with E-state index in [0.717, 1.165) is 10.9 Å². The van der Waals surface area contributed by atoms with Gasteiger partial charge in [-0.25, -0.2) is 0 Å². The van der Waals surface area contributed by atoms with E-state index in [2.05, 4.69) is 0 Å². The third-order valence-corrected chi connectivity index (χ3v) is 3.13. The molecule has 1 aromatic carbocycles. The maximum absolute atomic E-state index is 12.3. The molecule has 1 aromatic heterocycles. The standard InChI is InChI=1S/C15H19NO4/c1-11-3-4-13-12(9-11)10-14(20-13)15(19)16(6-8-18)5-2-7-17/h3-4,9-10,17-18H,2,5-8H2,1H3. The van der Waals surface area contributed by atoms with Gasteiger partial charge in [-0.1, -0.05) is 11.6 Å². The van der Waals surface area contributed by atoms with Crippen LogP contribution in [0.1, 0.15) is 22.5 Å². The van der Waals surface area contributed by atoms with Crippen molar-refractivity contribution in [2.45, 2.75) is 13.3 Å². The number of aliphatic hydroxyl groups is 2. The van der Waals surface area contributed by atoms with Crippen molar-refractivity contribution >= 4 is 16.9 Å². The van der Waals surface area contributed by atoms with Crippen molar-refractivity contribution in [1.82, 2.24) is 4.90 Å². The number of rotatable bonds is 6. The lowest BCUT2D eigenvalue weighted by Crippen LogP contribution is -2.34. The zero-order chi connectivity index (χ0) is 14.5. The minimum Gasteiger partial charge on any atom is -0.451 e. The van der Waals surface area contributed by atoms with E-state index in [4.69, 9.17) is 14.6 Å². The molecule has 2 N–H and O–H groups in total. The summed E-state index contributed by atoms with van der Waals surface area (Å²) < 4.78 is 5.56. The maximum Gasteiger partial charge on any atom is 0.289 e. The predicted molar refractivity (Wildman–Crippen MR) is 75.6 cm³/mol. The lowest BCUT2D eigenvalue weighted by molar-refractivity contribution is 0.0681. The van der Waals surface area contributed by atoms with Crippen LogP contribution >= 0.6 is 0 Å². The Balaban J connectivity index is 2.23. The number of aliphatic hydroxyl groups excluding tert-OH is 2. The summed E-state index contributed by atoms with van der Waals surface area (Å²) in [6, 6.07) is 7.44. The molecule has 0 aliphatic rings. The Morgan fingerprint density at radius 1 is 1.20 bits per heavy atom. The normalized spacial score (nSPS) is 10.9. The molecule has 5 nitrogen and oxygen atoms in total. The van der Waals surface area contributed by atoms with Crippen LogP contribution in [0.2, 0.25) is 0 Å². The second-order valence-corrected chi connectivity index (χ2v) is 4.74. The number of furan rings is 1. The van der Waals surface area contributed by atoms with E-state index < -0.39 is 0 Å². The molecule has 0 atom stereocenters. The average Bonchev–Trinajstić information content (AvgIpc) is 2.85. The van der Waals surface area contributed by atoms with Gasteiger partial charge < -0.3 is 19.5 Å². The van der Waals surface area contributed by atoms with Crippen LogP contribution in [0, 0.1) is 6.92 Å². The van der Waals surface area contributed by atoms with Gasteiger partial charge >= 0.3 is 0 Å². The molecule has 1 amide bonds. The maximum atomic E-state index is 12.3. The highest BCUT2D eigenvalue weighted by Crippen LogP contribution is 2.21. The van der Waals surface area contributed by atoms with Crippen LogP contribution < -0.4 is 0 Å². The Hall–Kier alpha value is -1.85. The van der Waals surface area contributed by atoms with Gasteiger partial charge in [-0.2, -0.15) is 0 Å². The van der Waals surface area contributed by atoms with Crippen LogP contribution in [0.15, 0.2) is 28.7 Å². The van der Waals surface area contributed by atoms with Crippen molar-refractivity contribution in [2.75, 3.05) is 26.3 Å². The Labute approximate surface area is 117 Å². The van der Waals surface area contributed by atoms with Crippen LogP contribution in [-0.2, 0) is 0 Å². The summed E-state index contributed by atoms with van der Waals surface area (Å²) in [6.07, 6.45) is 0.477. The number of carbonyl (C=O) groups is 1. The minimum atomic E-state index is -0.263. The third kappa shape index (κ3) is 3.18. The number of benzene rings is 1. The highest BCUT2D eigenvalue weighted by molar-refractivity contribution is 5.96. The summed E-state index contributed by atoms with van der Waals surface area (Å²) in [6.45, 7) is 2.50. The molecule has 0 radical (unpaired) electrons. The number of nitrogens with zero attached hydrogens (tertiary/aromatic N) is 1. The highest BCUT2D eigenvalue weighted by Gasteiger charge is 2.19. The number of hydrogen-bond acceptors (Lipinski definition) is 4. The van der Waals surface area contributed by atoms with E-state index in [-0.39, 0.29) is 31.4 Å². The average molecular weight is 277 g/mol. The number of hydrogen-bond donors (Lipinski definition) is 2. The summed E-state index contributed by atoms with van der Waals surface area (Å²) in [5, 5.41) is 18.8. The van der Waals surface area contributed by atoms with Gasteiger partial charge in [0.2, 0.25) is 0 Å². The SMILES string of the molecule is Cc1ccc2oc(C(=O)N(CCO)CCCO)cc2c1. The van der Waals surface area contributed by atoms with Gasteiger partial charge in [0.05, 0.1) is 6.61 Å². The third-order valence-electron chi connectivity index (χ3n) is 3.13. The smallest absolute Gasteiger partial charge is 0.289 e. The zero-order valence-electron chi connectivity index (χ0n) is 11.5. The second-order valence-electron chi connectivity index (χ2n) is 4.74. The monoisotopic (exact) mass is 277 g/mol. The molecular formula is C15H19NO4. The first-order valence-electron chi connectivity index (χ1n) is 6.67. The van der Waals surface area contributed by atoms with Gasteiger partial charge in [0.25, 0.3) is 5.91 Å². The number of fused-ring (bicyclic) bond motifs is 1. The quantitative estimate of drug-likeness (QED) is 0.840. The Morgan fingerprint density at radius 2 is 2.00 bits per heavy atom. The molecule has 0 bridgehead atoms. The van der Waals surface area contributed by atoms with Crippen molar-refractivity contribution in [3.63, 3.8) is 0 Å². The number of amides is 1. The Morgan fingerprint density at radius 3 is 2.70 bits per heavy atom. The molecule has 0 saturated heterocycles. The molecule has 2 rings (SSSR count). The van der Waals surface area contributed by atoms with Gasteiger partial charge in [0.1, 0.15) is 5.58 Å². The molecule has 2 aromatic rings. The summed E-state index contributed by atoms with van der Waals surface area (Å²) >= 11 is 0. The van der Waals surface area contributed by atoms with Crippen molar-refractivity contribution in [3.05, 3.63) is 35.6 Å². The first-order chi connectivity index (χ1) is 9.65. The second kappa shape index (κ2) is 6.54. The topological polar surface area (TPSA) is 73.9 Å². The molecule has 0 aliphatic heterocycles. The molecule has 1 heterocycles. The van der Waals surface area contributed by atoms with E-state index in [1.54, 1.807) is 6.07 Å². The summed E-state index contributed by atoms with van der Waals surface area (Å²) in [4.78, 5) is 13.8. The first kappa shape index (κ1) is 14.6. The van der Waals surface area contributed by atoms with Crippen LogP contribution in [-0.4, -0.2) is 47.3 Å². The van der Waals surface area contributed by atoms with E-state index in [9.17, 15) is 4.79 Å². The number of carbonyl (C=O) groups excluding carboxylic acids is 1. The summed E-state index contributed by atoms with van der Waals surface area (Å²) in [5.41, 5.74) is 1.77. The van der Waals surface area contributed by atoms with Crippen molar-refractivity contribution in [3.8, 4) is 0 Å². The fourth-order valence-electron chi connectivity index (χ4n) is 2.12. The molecule has 0 fully saturated rings. The molecule has 0 unspecified atom stereocenters. The van der Waals surface area contributed by atoms with Crippen molar-refractivity contribution < 1.29 is 19.4 Å². The van der Waals surface area contributed by atoms with Crippen molar-refractivity contribution in [2.24, 2.45) is 0 Å². The van der Waals surface area contributed by atoms with Gasteiger partial charge in [0.15, 0.2) is 5.76 Å². The molecule has 5 heteroatoms. The van der Waals surface area contributed by atoms with Gasteiger partial charge in [-0.05, 0) is 31.5 Å². The largest absolute Gasteiger partial charge is 0.451 e. The van der Waals surface area contributed by atoms with Crippen LogP contribution in [0.3, 0.4) is 0 Å². The minimum absolute atomic E-state index is 0.00847. The van der Waals surface area contributed by atoms with Gasteiger partial charge in [0, 0.05) is 25.1 Å². The van der Waals surface area contributed by atoms with E-state index in [0.29, 0.717) is 18.5 Å². The Kier molecular flexibility index (Phi) is 4.76. The van der Waals surface area contributed by atoms with E-state index in [1.807, 2.05) is 25.1 Å². The highest BCUT2D eigenvalue weighted by atomic mass is 16.3. The summed E-state index contributed by atoms with van der Waals surface area (Å²) in [5.74, 6) is -0.00153. The first-order valence-corrected chi connectivity index (χ1v) is 6.67. The molecule has 20 heavy (non-hydrogen) atoms. The molecule has 0 spiro atoms. The van der Waals surface area contributed by atoms with Crippen LogP contribution in [0.25, 0.3) is 11.0 Å². The van der Waals surface area contributed by atoms with Gasteiger partial charge in [-0.3, -0.25) is 4.79 Å². The van der Waals surface area contributed by atoms with Gasteiger partial charge in [-0.15, -0.1) is 0 Å². The fraction of sp³-hybridized carbons (Fsp3) is 0.400. The lowest BCUT2D eigenvalue weighted by Gasteiger charge is -2.19. The van der Waals surface area contributed by atoms with Crippen LogP contribution in [0.4, 0.5) is 0 Å². The molecular weight excluding hydrogens is 258 g/mol. The number of aryl methyl sites for hydroxylation is 1. The molecule has 0 saturated carbocycles. The fourth-order valence-corrected chi connectivity index (χ4v) is 2.12. The van der Waals surface area contributed by atoms with Crippen molar-refractivity contribution in [1.29, 1.82) is 0 Å². The van der Waals surface area contributed by atoms with Crippen LogP contribution in [0.5, 0.6) is 0 Å². The van der Waals surface area contributed by atoms with E-state index >= 15 is 0 Å². The van der Waals surface area contributed by atoms with E-state index in [1.165, 1.54) is 4.90 Å². The predicted octanol–water partition coefficient (Wildman–Crippen LogP) is 1.56. The molecule has 0 aliphatic carbocycles.